The number of hydrogen-bond acceptors (Lipinski definition) is 2. The second kappa shape index (κ2) is 6.01. The minimum absolute atomic E-state index is 0.0945. The Balaban J connectivity index is 2.35. The van der Waals surface area contributed by atoms with Crippen molar-refractivity contribution in [1.29, 1.82) is 0 Å². The maximum absolute atomic E-state index is 13.7. The Kier molecular flexibility index (Phi) is 4.51. The summed E-state index contributed by atoms with van der Waals surface area (Å²) in [6.45, 7) is 1.72. The molecular weight excluding hydrogens is 288 g/mol. The molecule has 0 spiro atoms. The molecule has 1 aromatic carbocycles. The van der Waals surface area contributed by atoms with E-state index in [1.807, 2.05) is 0 Å². The lowest BCUT2D eigenvalue weighted by Crippen LogP contribution is -2.42. The number of alkyl halides is 4. The standard InChI is InChI=1S/C14H16F4N2O/c1-2-19-12(14(17,18)13(15)16)9-3-5-10-8(7-9)4-6-11(21)20-10/h3,5,7,12-13,19H,2,4,6H2,1H3,(H,20,21). The molecule has 0 fully saturated rings. The van der Waals surface area contributed by atoms with Gasteiger partial charge in [0.25, 0.3) is 0 Å². The molecule has 0 saturated heterocycles. The molecule has 116 valence electrons. The first-order valence-electron chi connectivity index (χ1n) is 6.68. The first-order chi connectivity index (χ1) is 9.86. The number of halogens is 4. The highest BCUT2D eigenvalue weighted by Gasteiger charge is 2.49. The van der Waals surface area contributed by atoms with E-state index < -0.39 is 18.4 Å². The van der Waals surface area contributed by atoms with Gasteiger partial charge in [-0.15, -0.1) is 0 Å². The minimum Gasteiger partial charge on any atom is -0.326 e. The van der Waals surface area contributed by atoms with Crippen molar-refractivity contribution in [2.24, 2.45) is 0 Å². The molecule has 1 amide bonds. The van der Waals surface area contributed by atoms with Gasteiger partial charge in [0.1, 0.15) is 6.04 Å². The smallest absolute Gasteiger partial charge is 0.326 e. The van der Waals surface area contributed by atoms with E-state index in [1.165, 1.54) is 18.2 Å². The van der Waals surface area contributed by atoms with Crippen LogP contribution in [-0.4, -0.2) is 24.8 Å². The average molecular weight is 304 g/mol. The predicted octanol–water partition coefficient (Wildman–Crippen LogP) is 3.12. The molecule has 1 atom stereocenters. The summed E-state index contributed by atoms with van der Waals surface area (Å²) in [6.07, 6.45) is -3.08. The van der Waals surface area contributed by atoms with E-state index >= 15 is 0 Å². The summed E-state index contributed by atoms with van der Waals surface area (Å²) in [4.78, 5) is 11.3. The Morgan fingerprint density at radius 1 is 1.33 bits per heavy atom. The van der Waals surface area contributed by atoms with Gasteiger partial charge in [0.15, 0.2) is 0 Å². The highest BCUT2D eigenvalue weighted by Crippen LogP contribution is 2.38. The van der Waals surface area contributed by atoms with E-state index in [9.17, 15) is 22.4 Å². The van der Waals surface area contributed by atoms with E-state index in [-0.39, 0.29) is 24.4 Å². The summed E-state index contributed by atoms with van der Waals surface area (Å²) in [6, 6.07) is 2.52. The van der Waals surface area contributed by atoms with Gasteiger partial charge in [0.05, 0.1) is 0 Å². The number of fused-ring (bicyclic) bond motifs is 1. The van der Waals surface area contributed by atoms with Gasteiger partial charge in [-0.1, -0.05) is 19.1 Å². The van der Waals surface area contributed by atoms with Crippen LogP contribution in [0.5, 0.6) is 0 Å². The molecule has 0 aromatic heterocycles. The van der Waals surface area contributed by atoms with Crippen molar-refractivity contribution < 1.29 is 22.4 Å². The molecular formula is C14H16F4N2O. The zero-order chi connectivity index (χ0) is 15.6. The Labute approximate surface area is 119 Å². The van der Waals surface area contributed by atoms with Gasteiger partial charge in [0, 0.05) is 12.1 Å². The SMILES string of the molecule is CCNC(c1ccc2c(c1)CCC(=O)N2)C(F)(F)C(F)F. The number of carbonyl (C=O) groups excluding carboxylic acids is 1. The summed E-state index contributed by atoms with van der Waals surface area (Å²) in [7, 11) is 0. The highest BCUT2D eigenvalue weighted by atomic mass is 19.3. The zero-order valence-corrected chi connectivity index (χ0v) is 11.4. The molecule has 0 radical (unpaired) electrons. The number of amides is 1. The lowest BCUT2D eigenvalue weighted by molar-refractivity contribution is -0.151. The van der Waals surface area contributed by atoms with Crippen molar-refractivity contribution in [3.63, 3.8) is 0 Å². The van der Waals surface area contributed by atoms with Gasteiger partial charge < -0.3 is 10.6 Å². The third-order valence-corrected chi connectivity index (χ3v) is 3.44. The van der Waals surface area contributed by atoms with E-state index in [1.54, 1.807) is 6.92 Å². The fourth-order valence-electron chi connectivity index (χ4n) is 2.39. The first kappa shape index (κ1) is 15.8. The maximum Gasteiger partial charge on any atom is 0.326 e. The van der Waals surface area contributed by atoms with Crippen LogP contribution in [0.3, 0.4) is 0 Å². The molecule has 3 nitrogen and oxygen atoms in total. The van der Waals surface area contributed by atoms with Crippen LogP contribution in [0.1, 0.15) is 30.5 Å². The van der Waals surface area contributed by atoms with Crippen molar-refractivity contribution in [2.45, 2.75) is 38.2 Å². The van der Waals surface area contributed by atoms with Gasteiger partial charge >= 0.3 is 12.3 Å². The number of nitrogens with one attached hydrogen (secondary N) is 2. The number of carbonyl (C=O) groups is 1. The third-order valence-electron chi connectivity index (χ3n) is 3.44. The predicted molar refractivity (Wildman–Crippen MR) is 70.8 cm³/mol. The normalized spacial score (nSPS) is 16.6. The summed E-state index contributed by atoms with van der Waals surface area (Å²) in [5.41, 5.74) is 1.32. The van der Waals surface area contributed by atoms with Gasteiger partial charge in [0.2, 0.25) is 5.91 Å². The van der Waals surface area contributed by atoms with E-state index in [2.05, 4.69) is 10.6 Å². The second-order valence-electron chi connectivity index (χ2n) is 4.93. The molecule has 1 aliphatic heterocycles. The second-order valence-corrected chi connectivity index (χ2v) is 4.93. The van der Waals surface area contributed by atoms with Crippen LogP contribution in [0.15, 0.2) is 18.2 Å². The van der Waals surface area contributed by atoms with Crippen LogP contribution in [-0.2, 0) is 11.2 Å². The van der Waals surface area contributed by atoms with Crippen molar-refractivity contribution in [3.05, 3.63) is 29.3 Å². The lowest BCUT2D eigenvalue weighted by atomic mass is 9.94. The van der Waals surface area contributed by atoms with E-state index in [0.29, 0.717) is 17.7 Å². The molecule has 7 heteroatoms. The van der Waals surface area contributed by atoms with E-state index in [4.69, 9.17) is 0 Å². The zero-order valence-electron chi connectivity index (χ0n) is 11.4. The van der Waals surface area contributed by atoms with Crippen LogP contribution < -0.4 is 10.6 Å². The van der Waals surface area contributed by atoms with E-state index in [0.717, 1.165) is 0 Å². The topological polar surface area (TPSA) is 41.1 Å². The molecule has 1 unspecified atom stereocenters. The Morgan fingerprint density at radius 3 is 2.67 bits per heavy atom. The molecule has 1 aromatic rings. The van der Waals surface area contributed by atoms with Gasteiger partial charge in [-0.05, 0) is 30.2 Å². The monoisotopic (exact) mass is 304 g/mol. The van der Waals surface area contributed by atoms with Crippen molar-refractivity contribution in [2.75, 3.05) is 11.9 Å². The summed E-state index contributed by atoms with van der Waals surface area (Å²) < 4.78 is 52.6. The minimum atomic E-state index is -4.16. The highest BCUT2D eigenvalue weighted by molar-refractivity contribution is 5.93. The van der Waals surface area contributed by atoms with Crippen LogP contribution in [0, 0.1) is 0 Å². The molecule has 1 aliphatic rings. The Bertz CT molecular complexity index is 534. The van der Waals surface area contributed by atoms with Crippen LogP contribution in [0.4, 0.5) is 23.2 Å². The molecule has 2 N–H and O–H groups in total. The van der Waals surface area contributed by atoms with Gasteiger partial charge in [-0.2, -0.15) is 8.78 Å². The van der Waals surface area contributed by atoms with Crippen molar-refractivity contribution >= 4 is 11.6 Å². The van der Waals surface area contributed by atoms with Crippen LogP contribution >= 0.6 is 0 Å². The molecule has 0 bridgehead atoms. The summed E-state index contributed by atoms with van der Waals surface area (Å²) in [5, 5.41) is 5.04. The molecule has 2 rings (SSSR count). The quantitative estimate of drug-likeness (QED) is 0.821. The fourth-order valence-corrected chi connectivity index (χ4v) is 2.39. The van der Waals surface area contributed by atoms with Crippen LogP contribution in [0.2, 0.25) is 0 Å². The fraction of sp³-hybridized carbons (Fsp3) is 0.500. The molecule has 1 heterocycles. The number of aryl methyl sites for hydroxylation is 1. The lowest BCUT2D eigenvalue weighted by Gasteiger charge is -2.28. The largest absolute Gasteiger partial charge is 0.326 e. The number of benzene rings is 1. The molecule has 0 saturated carbocycles. The summed E-state index contributed by atoms with van der Waals surface area (Å²) >= 11 is 0. The van der Waals surface area contributed by atoms with Crippen molar-refractivity contribution in [3.8, 4) is 0 Å². The third kappa shape index (κ3) is 3.18. The first-order valence-corrected chi connectivity index (χ1v) is 6.68. The number of anilines is 1. The van der Waals surface area contributed by atoms with Gasteiger partial charge in [-0.3, -0.25) is 4.79 Å². The molecule has 21 heavy (non-hydrogen) atoms. The maximum atomic E-state index is 13.7. The summed E-state index contributed by atoms with van der Waals surface area (Å²) in [5.74, 6) is -4.31. The Morgan fingerprint density at radius 2 is 2.05 bits per heavy atom. The number of hydrogen-bond donors (Lipinski definition) is 2. The van der Waals surface area contributed by atoms with Crippen molar-refractivity contribution in [1.82, 2.24) is 5.32 Å². The molecule has 0 aliphatic carbocycles. The number of rotatable bonds is 5. The Hall–Kier alpha value is -1.63. The van der Waals surface area contributed by atoms with Crippen LogP contribution in [0.25, 0.3) is 0 Å². The average Bonchev–Trinajstić information content (AvgIpc) is 2.44. The van der Waals surface area contributed by atoms with Gasteiger partial charge in [-0.25, -0.2) is 8.78 Å².